The maximum atomic E-state index is 13.6. The summed E-state index contributed by atoms with van der Waals surface area (Å²) in [4.78, 5) is 25.3. The van der Waals surface area contributed by atoms with Crippen molar-refractivity contribution in [3.05, 3.63) is 154 Å². The van der Waals surface area contributed by atoms with E-state index in [2.05, 4.69) is 32.1 Å². The molecule has 7 aromatic rings. The second-order valence-corrected chi connectivity index (χ2v) is 15.8. The lowest BCUT2D eigenvalue weighted by Crippen LogP contribution is -2.39. The van der Waals surface area contributed by atoms with E-state index in [1.54, 1.807) is 35.3 Å². The fourth-order valence-corrected chi connectivity index (χ4v) is 7.79. The van der Waals surface area contributed by atoms with Crippen LogP contribution in [0.1, 0.15) is 36.5 Å². The number of hydrogen-bond donors (Lipinski definition) is 1. The zero-order valence-electron chi connectivity index (χ0n) is 30.2. The second-order valence-electron chi connectivity index (χ2n) is 13.0. The van der Waals surface area contributed by atoms with Crippen LogP contribution in [0.2, 0.25) is 35.2 Å². The quantitative estimate of drug-likeness (QED) is 0.121. The molecule has 1 fully saturated rings. The molecule has 2 unspecified atom stereocenters. The molecule has 0 amide bonds. The maximum absolute atomic E-state index is 13.6. The number of hydrogen-bond acceptors (Lipinski definition) is 9. The van der Waals surface area contributed by atoms with Crippen LogP contribution in [-0.4, -0.2) is 44.2 Å². The van der Waals surface area contributed by atoms with E-state index in [-0.39, 0.29) is 53.5 Å². The Morgan fingerprint density at radius 1 is 0.831 bits per heavy atom. The molecule has 1 aliphatic rings. The molecule has 4 aromatic carbocycles. The van der Waals surface area contributed by atoms with Crippen molar-refractivity contribution in [3.8, 4) is 23.8 Å². The topological polar surface area (TPSA) is 164 Å². The number of aliphatic hydroxyl groups is 1. The van der Waals surface area contributed by atoms with Crippen LogP contribution in [0.5, 0.6) is 0 Å². The zero-order chi connectivity index (χ0) is 42.6. The maximum Gasteiger partial charge on any atom is 0.267 e. The van der Waals surface area contributed by atoms with Crippen LogP contribution in [0.25, 0.3) is 22.5 Å². The van der Waals surface area contributed by atoms with E-state index in [0.29, 0.717) is 33.7 Å². The van der Waals surface area contributed by atoms with Gasteiger partial charge in [-0.2, -0.15) is 25.4 Å². The minimum absolute atomic E-state index is 0.0363. The summed E-state index contributed by atoms with van der Waals surface area (Å²) < 4.78 is 17.9. The van der Waals surface area contributed by atoms with Crippen molar-refractivity contribution in [1.29, 1.82) is 10.5 Å². The van der Waals surface area contributed by atoms with Crippen LogP contribution in [0, 0.1) is 40.3 Å². The second kappa shape index (κ2) is 18.6. The Labute approximate surface area is 370 Å². The number of fused-ring (bicyclic) bond motifs is 1. The van der Waals surface area contributed by atoms with E-state index in [9.17, 15) is 14.3 Å². The van der Waals surface area contributed by atoms with E-state index >= 15 is 0 Å². The van der Waals surface area contributed by atoms with Crippen molar-refractivity contribution in [2.24, 2.45) is 11.8 Å². The molecule has 0 bridgehead atoms. The number of benzene rings is 4. The predicted molar refractivity (Wildman–Crippen MR) is 225 cm³/mol. The zero-order valence-corrected chi connectivity index (χ0v) is 35.5. The van der Waals surface area contributed by atoms with Crippen LogP contribution >= 0.6 is 81.2 Å². The van der Waals surface area contributed by atoms with Crippen molar-refractivity contribution >= 4 is 92.1 Å². The van der Waals surface area contributed by atoms with E-state index in [4.69, 9.17) is 91.7 Å². The van der Waals surface area contributed by atoms with Gasteiger partial charge in [0.05, 0.1) is 59.4 Å². The summed E-state index contributed by atoms with van der Waals surface area (Å²) in [5.74, 6) is 0.395. The predicted octanol–water partition coefficient (Wildman–Crippen LogP) is 10.3. The first kappa shape index (κ1) is 43.8. The summed E-state index contributed by atoms with van der Waals surface area (Å²) in [5, 5.41) is 38.1. The van der Waals surface area contributed by atoms with Gasteiger partial charge in [0.15, 0.2) is 0 Å². The van der Waals surface area contributed by atoms with Crippen LogP contribution < -0.4 is 5.56 Å². The third-order valence-electron chi connectivity index (χ3n) is 9.37. The molecular weight excluding hydrogens is 908 g/mol. The molecular formula is C39H26Cl7FN10O2. The van der Waals surface area contributed by atoms with E-state index in [1.165, 1.54) is 59.3 Å². The van der Waals surface area contributed by atoms with E-state index in [0.717, 1.165) is 11.6 Å². The first-order chi connectivity index (χ1) is 28.2. The summed E-state index contributed by atoms with van der Waals surface area (Å²) >= 11 is 41.0. The number of halogens is 8. The first-order valence-electron chi connectivity index (χ1n) is 17.2. The third kappa shape index (κ3) is 9.49. The van der Waals surface area contributed by atoms with Gasteiger partial charge in [-0.15, -0.1) is 0 Å². The lowest BCUT2D eigenvalue weighted by molar-refractivity contribution is -0.0442. The van der Waals surface area contributed by atoms with Crippen molar-refractivity contribution < 1.29 is 9.50 Å². The smallest absolute Gasteiger partial charge is 0.267 e. The molecule has 59 heavy (non-hydrogen) atoms. The van der Waals surface area contributed by atoms with Crippen molar-refractivity contribution in [1.82, 2.24) is 39.1 Å². The number of rotatable bonds is 7. The Balaban J connectivity index is 0.000000155. The number of aromatic nitrogens is 8. The Kier molecular flexibility index (Phi) is 13.8. The van der Waals surface area contributed by atoms with E-state index < -0.39 is 17.0 Å². The molecule has 3 heterocycles. The summed E-state index contributed by atoms with van der Waals surface area (Å²) in [6.45, 7) is 2.52. The van der Waals surface area contributed by atoms with Crippen molar-refractivity contribution in [3.63, 3.8) is 0 Å². The van der Waals surface area contributed by atoms with E-state index in [1.807, 2.05) is 24.3 Å². The van der Waals surface area contributed by atoms with Gasteiger partial charge >= 0.3 is 0 Å². The van der Waals surface area contributed by atoms with Gasteiger partial charge in [-0.05, 0) is 78.8 Å². The highest BCUT2D eigenvalue weighted by Gasteiger charge is 2.44. The van der Waals surface area contributed by atoms with Crippen LogP contribution in [0.3, 0.4) is 0 Å². The molecule has 1 saturated carbocycles. The average Bonchev–Trinajstić information content (AvgIpc) is 3.66. The Morgan fingerprint density at radius 2 is 1.46 bits per heavy atom. The highest BCUT2D eigenvalue weighted by molar-refractivity contribution is 6.50. The summed E-state index contributed by atoms with van der Waals surface area (Å²) in [6, 6.07) is 19.4. The molecule has 12 nitrogen and oxygen atoms in total. The molecule has 0 radical (unpaired) electrons. The number of nitriles is 2. The average molecular weight is 934 g/mol. The Hall–Kier alpha value is -4.80. The molecule has 1 aliphatic carbocycles. The van der Waals surface area contributed by atoms with Gasteiger partial charge in [-0.1, -0.05) is 100 Å². The third-order valence-corrected chi connectivity index (χ3v) is 11.9. The van der Waals surface area contributed by atoms with Crippen LogP contribution in [-0.2, 0) is 12.1 Å². The van der Waals surface area contributed by atoms with Gasteiger partial charge in [0.2, 0.25) is 5.95 Å². The molecule has 2 atom stereocenters. The molecule has 0 saturated heterocycles. The fraction of sp³-hybridized carbons (Fsp3) is 0.179. The Bertz CT molecular complexity index is 2750. The lowest BCUT2D eigenvalue weighted by atomic mass is 9.79. The minimum Gasteiger partial charge on any atom is -0.383 e. The van der Waals surface area contributed by atoms with Gasteiger partial charge in [-0.3, -0.25) is 4.79 Å². The highest BCUT2D eigenvalue weighted by Crippen LogP contribution is 2.46. The van der Waals surface area contributed by atoms with Gasteiger partial charge < -0.3 is 5.11 Å². The lowest BCUT2D eigenvalue weighted by Gasteiger charge is -2.35. The monoisotopic (exact) mass is 930 g/mol. The SMILES string of the molecule is CC(C1CC1)C(O)(Cn1cncn1)c1ccc(Cl)cc1.N#Cc1c(Cl)c(Cl)c(Cl)c(C#N)c1Cl.O=c1c2cc(F)ccc2nc(-n2cncn2)n1-c1ccc(Cl)cc1Cl. The molecule has 0 aliphatic heterocycles. The Morgan fingerprint density at radius 3 is 2.02 bits per heavy atom. The van der Waals surface area contributed by atoms with Crippen LogP contribution in [0.15, 0.2) is 90.8 Å². The molecule has 300 valence electrons. The van der Waals surface area contributed by atoms with Gasteiger partial charge in [0.25, 0.3) is 5.56 Å². The molecule has 1 N–H and O–H groups in total. The molecule has 8 rings (SSSR count). The van der Waals surface area contributed by atoms with Crippen LogP contribution in [0.4, 0.5) is 4.39 Å². The minimum atomic E-state index is -0.945. The highest BCUT2D eigenvalue weighted by atomic mass is 35.5. The largest absolute Gasteiger partial charge is 0.383 e. The van der Waals surface area contributed by atoms with Gasteiger partial charge in [0, 0.05) is 10.0 Å². The van der Waals surface area contributed by atoms with Gasteiger partial charge in [0.1, 0.15) is 48.9 Å². The first-order valence-corrected chi connectivity index (χ1v) is 19.8. The number of nitrogens with zero attached hydrogens (tertiary/aromatic N) is 10. The van der Waals surface area contributed by atoms with Crippen molar-refractivity contribution in [2.75, 3.05) is 0 Å². The van der Waals surface area contributed by atoms with Crippen molar-refractivity contribution in [2.45, 2.75) is 31.9 Å². The normalized spacial score (nSPS) is 13.6. The summed E-state index contributed by atoms with van der Waals surface area (Å²) in [7, 11) is 0. The molecule has 20 heteroatoms. The molecule has 0 spiro atoms. The summed E-state index contributed by atoms with van der Waals surface area (Å²) in [5.41, 5.74) is 0.0486. The standard InChI is InChI=1S/C16H8Cl2FN5O.C15H18ClN3O.C8Cl4N2/c17-9-1-4-14(12(18)5-9)24-15(25)11-6-10(19)2-3-13(11)22-16(24)23-8-20-7-21-23;1-11(12-2-3-12)15(20,8-19-10-17-9-18-19)13-4-6-14(16)7-5-13;9-5-3(1-13)6(10)8(12)7(11)4(5)2-14/h1-8H;4-7,9-12,20H,2-3,8H2,1H3;. The van der Waals surface area contributed by atoms with Gasteiger partial charge in [-0.25, -0.2) is 28.6 Å². The summed E-state index contributed by atoms with van der Waals surface area (Å²) in [6.07, 6.45) is 8.22. The fourth-order valence-electron chi connectivity index (χ4n) is 6.11. The molecule has 3 aromatic heterocycles.